The van der Waals surface area contributed by atoms with Crippen molar-refractivity contribution in [3.63, 3.8) is 0 Å². The average Bonchev–Trinajstić information content (AvgIpc) is 2.34. The Morgan fingerprint density at radius 1 is 1.29 bits per heavy atom. The van der Waals surface area contributed by atoms with Crippen LogP contribution in [0.25, 0.3) is 10.9 Å². The second-order valence-electron chi connectivity index (χ2n) is 3.72. The van der Waals surface area contributed by atoms with E-state index in [9.17, 15) is 9.59 Å². The van der Waals surface area contributed by atoms with Crippen LogP contribution in [0.1, 0.15) is 17.3 Å². The molecule has 0 amide bonds. The van der Waals surface area contributed by atoms with Gasteiger partial charge in [0.1, 0.15) is 0 Å². The number of carbonyl (C=O) groups is 1. The number of aryl methyl sites for hydroxylation is 1. The Balaban J connectivity index is 2.56. The van der Waals surface area contributed by atoms with Crippen LogP contribution in [0.4, 0.5) is 0 Å². The molecular formula is C13H13NO3. The number of esters is 1. The van der Waals surface area contributed by atoms with Crippen molar-refractivity contribution in [3.8, 4) is 0 Å². The number of aromatic nitrogens is 1. The van der Waals surface area contributed by atoms with Crippen molar-refractivity contribution in [2.45, 2.75) is 6.92 Å². The number of carbonyl (C=O) groups excluding carboxylic acids is 1. The van der Waals surface area contributed by atoms with Gasteiger partial charge in [0.25, 0.3) is 5.56 Å². The molecule has 0 saturated carbocycles. The lowest BCUT2D eigenvalue weighted by atomic mass is 10.1. The van der Waals surface area contributed by atoms with Gasteiger partial charge in [0, 0.05) is 13.1 Å². The van der Waals surface area contributed by atoms with E-state index in [1.54, 1.807) is 42.8 Å². The third kappa shape index (κ3) is 2.06. The molecule has 2 rings (SSSR count). The first-order chi connectivity index (χ1) is 8.13. The molecular weight excluding hydrogens is 218 g/mol. The smallest absolute Gasteiger partial charge is 0.338 e. The zero-order chi connectivity index (χ0) is 12.4. The first-order valence-corrected chi connectivity index (χ1v) is 5.40. The summed E-state index contributed by atoms with van der Waals surface area (Å²) in [6.45, 7) is 2.12. The number of nitrogens with zero attached hydrogens (tertiary/aromatic N) is 1. The van der Waals surface area contributed by atoms with Crippen LogP contribution in [-0.2, 0) is 11.8 Å². The van der Waals surface area contributed by atoms with Crippen LogP contribution < -0.4 is 5.56 Å². The van der Waals surface area contributed by atoms with Gasteiger partial charge in [0.15, 0.2) is 0 Å². The second-order valence-corrected chi connectivity index (χ2v) is 3.72. The summed E-state index contributed by atoms with van der Waals surface area (Å²) in [7, 11) is 1.70. The SMILES string of the molecule is CCOC(=O)c1ccc2c(ccc(=O)n2C)c1. The van der Waals surface area contributed by atoms with Crippen LogP contribution in [0.15, 0.2) is 35.1 Å². The predicted molar refractivity (Wildman–Crippen MR) is 65.1 cm³/mol. The highest BCUT2D eigenvalue weighted by molar-refractivity contribution is 5.94. The number of hydrogen-bond acceptors (Lipinski definition) is 3. The molecule has 1 aromatic carbocycles. The summed E-state index contributed by atoms with van der Waals surface area (Å²) in [4.78, 5) is 23.0. The maximum Gasteiger partial charge on any atom is 0.338 e. The van der Waals surface area contributed by atoms with Crippen LogP contribution >= 0.6 is 0 Å². The Hall–Kier alpha value is -2.10. The normalized spacial score (nSPS) is 10.5. The summed E-state index contributed by atoms with van der Waals surface area (Å²) >= 11 is 0. The summed E-state index contributed by atoms with van der Waals surface area (Å²) in [5.74, 6) is -0.344. The minimum atomic E-state index is -0.344. The zero-order valence-corrected chi connectivity index (χ0v) is 9.77. The quantitative estimate of drug-likeness (QED) is 0.739. The molecule has 4 nitrogen and oxygen atoms in total. The van der Waals surface area contributed by atoms with Crippen LogP contribution in [0.3, 0.4) is 0 Å². The van der Waals surface area contributed by atoms with Crippen molar-refractivity contribution >= 4 is 16.9 Å². The van der Waals surface area contributed by atoms with Gasteiger partial charge in [-0.05, 0) is 36.6 Å². The zero-order valence-electron chi connectivity index (χ0n) is 9.77. The summed E-state index contributed by atoms with van der Waals surface area (Å²) in [5, 5.41) is 0.845. The van der Waals surface area contributed by atoms with Crippen molar-refractivity contribution in [1.29, 1.82) is 0 Å². The van der Waals surface area contributed by atoms with Crippen molar-refractivity contribution in [2.24, 2.45) is 7.05 Å². The monoisotopic (exact) mass is 231 g/mol. The van der Waals surface area contributed by atoms with E-state index < -0.39 is 0 Å². The van der Waals surface area contributed by atoms with Gasteiger partial charge in [-0.3, -0.25) is 4.79 Å². The fraction of sp³-hybridized carbons (Fsp3) is 0.231. The standard InChI is InChI=1S/C13H13NO3/c1-3-17-13(16)10-4-6-11-9(8-10)5-7-12(15)14(11)2/h4-8H,3H2,1-2H3. The minimum Gasteiger partial charge on any atom is -0.462 e. The highest BCUT2D eigenvalue weighted by Crippen LogP contribution is 2.14. The molecule has 2 aromatic rings. The molecule has 0 atom stereocenters. The molecule has 0 spiro atoms. The van der Waals surface area contributed by atoms with Crippen molar-refractivity contribution in [3.05, 3.63) is 46.2 Å². The Bertz CT molecular complexity index is 628. The molecule has 0 aliphatic carbocycles. The third-order valence-corrected chi connectivity index (χ3v) is 2.64. The second kappa shape index (κ2) is 4.41. The molecule has 17 heavy (non-hydrogen) atoms. The molecule has 0 N–H and O–H groups in total. The van der Waals surface area contributed by atoms with Gasteiger partial charge < -0.3 is 9.30 Å². The molecule has 0 radical (unpaired) electrons. The van der Waals surface area contributed by atoms with Crippen LogP contribution in [0.5, 0.6) is 0 Å². The molecule has 4 heteroatoms. The lowest BCUT2D eigenvalue weighted by Gasteiger charge is -2.06. The molecule has 1 aromatic heterocycles. The van der Waals surface area contributed by atoms with E-state index in [4.69, 9.17) is 4.74 Å². The van der Waals surface area contributed by atoms with Crippen molar-refractivity contribution in [2.75, 3.05) is 6.61 Å². The fourth-order valence-corrected chi connectivity index (χ4v) is 1.73. The molecule has 1 heterocycles. The van der Waals surface area contributed by atoms with Gasteiger partial charge in [-0.2, -0.15) is 0 Å². The van der Waals surface area contributed by atoms with E-state index >= 15 is 0 Å². The number of benzene rings is 1. The molecule has 0 bridgehead atoms. The molecule has 0 aliphatic heterocycles. The summed E-state index contributed by atoms with van der Waals surface area (Å²) in [6, 6.07) is 8.34. The van der Waals surface area contributed by atoms with Crippen molar-refractivity contribution in [1.82, 2.24) is 4.57 Å². The van der Waals surface area contributed by atoms with Gasteiger partial charge in [-0.15, -0.1) is 0 Å². The average molecular weight is 231 g/mol. The van der Waals surface area contributed by atoms with E-state index in [0.29, 0.717) is 12.2 Å². The minimum absolute atomic E-state index is 0.0682. The van der Waals surface area contributed by atoms with E-state index in [1.807, 2.05) is 0 Å². The first-order valence-electron chi connectivity index (χ1n) is 5.40. The number of hydrogen-bond donors (Lipinski definition) is 0. The largest absolute Gasteiger partial charge is 0.462 e. The van der Waals surface area contributed by atoms with E-state index in [0.717, 1.165) is 10.9 Å². The summed E-state index contributed by atoms with van der Waals surface area (Å²) in [5.41, 5.74) is 1.23. The maximum absolute atomic E-state index is 11.5. The highest BCUT2D eigenvalue weighted by Gasteiger charge is 2.07. The van der Waals surface area contributed by atoms with Gasteiger partial charge in [-0.1, -0.05) is 0 Å². The number of pyridine rings is 1. The lowest BCUT2D eigenvalue weighted by Crippen LogP contribution is -2.15. The number of fused-ring (bicyclic) bond motifs is 1. The Labute approximate surface area is 98.4 Å². The number of rotatable bonds is 2. The first kappa shape index (κ1) is 11.4. The topological polar surface area (TPSA) is 48.3 Å². The Kier molecular flexibility index (Phi) is 2.95. The summed E-state index contributed by atoms with van der Waals surface area (Å²) in [6.07, 6.45) is 0. The fourth-order valence-electron chi connectivity index (χ4n) is 1.73. The van der Waals surface area contributed by atoms with Crippen LogP contribution in [-0.4, -0.2) is 17.1 Å². The van der Waals surface area contributed by atoms with Gasteiger partial charge in [0.05, 0.1) is 17.7 Å². The summed E-state index contributed by atoms with van der Waals surface area (Å²) < 4.78 is 6.47. The van der Waals surface area contributed by atoms with Crippen LogP contribution in [0.2, 0.25) is 0 Å². The Morgan fingerprint density at radius 3 is 2.76 bits per heavy atom. The molecule has 0 unspecified atom stereocenters. The molecule has 0 aliphatic rings. The van der Waals surface area contributed by atoms with E-state index in [2.05, 4.69) is 0 Å². The van der Waals surface area contributed by atoms with Gasteiger partial charge >= 0.3 is 5.97 Å². The molecule has 0 fully saturated rings. The van der Waals surface area contributed by atoms with Gasteiger partial charge in [-0.25, -0.2) is 4.79 Å². The van der Waals surface area contributed by atoms with Crippen molar-refractivity contribution < 1.29 is 9.53 Å². The predicted octanol–water partition coefficient (Wildman–Crippen LogP) is 1.72. The highest BCUT2D eigenvalue weighted by atomic mass is 16.5. The maximum atomic E-state index is 11.5. The van der Waals surface area contributed by atoms with Gasteiger partial charge in [0.2, 0.25) is 0 Å². The molecule has 0 saturated heterocycles. The third-order valence-electron chi connectivity index (χ3n) is 2.64. The Morgan fingerprint density at radius 2 is 2.06 bits per heavy atom. The van der Waals surface area contributed by atoms with Crippen LogP contribution in [0, 0.1) is 0 Å². The number of ether oxygens (including phenoxy) is 1. The van der Waals surface area contributed by atoms with E-state index in [-0.39, 0.29) is 11.5 Å². The molecule has 88 valence electrons. The van der Waals surface area contributed by atoms with E-state index in [1.165, 1.54) is 6.07 Å². The lowest BCUT2D eigenvalue weighted by molar-refractivity contribution is 0.0526.